The molecule has 1 aromatic rings. The van der Waals surface area contributed by atoms with E-state index >= 15 is 0 Å². The molecule has 0 atom stereocenters. The van der Waals surface area contributed by atoms with Crippen LogP contribution in [0.2, 0.25) is 0 Å². The molecule has 17 heavy (non-hydrogen) atoms. The van der Waals surface area contributed by atoms with E-state index in [4.69, 9.17) is 0 Å². The van der Waals surface area contributed by atoms with E-state index in [9.17, 15) is 9.90 Å². The molecule has 0 bridgehead atoms. The molecular weight excluding hydrogens is 280 g/mol. The Kier molecular flexibility index (Phi) is 3.57. The van der Waals surface area contributed by atoms with E-state index in [1.165, 1.54) is 5.56 Å². The number of aliphatic carboxylic acids is 1. The second kappa shape index (κ2) is 4.81. The van der Waals surface area contributed by atoms with Gasteiger partial charge in [-0.15, -0.1) is 0 Å². The van der Waals surface area contributed by atoms with Gasteiger partial charge in [-0.25, -0.2) is 0 Å². The van der Waals surface area contributed by atoms with Gasteiger partial charge in [0.2, 0.25) is 0 Å². The fourth-order valence-electron chi connectivity index (χ4n) is 2.54. The SMILES string of the molecule is CC1(C(=O)O)CCC(c2ccc(Br)cc2)CC1. The Labute approximate surface area is 110 Å². The van der Waals surface area contributed by atoms with E-state index in [1.807, 2.05) is 6.92 Å². The molecule has 0 amide bonds. The molecule has 1 fully saturated rings. The van der Waals surface area contributed by atoms with Gasteiger partial charge >= 0.3 is 5.97 Å². The fraction of sp³-hybridized carbons (Fsp3) is 0.500. The van der Waals surface area contributed by atoms with Crippen LogP contribution in [0.3, 0.4) is 0 Å². The average molecular weight is 297 g/mol. The molecule has 92 valence electrons. The van der Waals surface area contributed by atoms with Gasteiger partial charge in [-0.1, -0.05) is 28.1 Å². The minimum atomic E-state index is -0.647. The standard InChI is InChI=1S/C14H17BrO2/c1-14(13(16)17)8-6-11(7-9-14)10-2-4-12(15)5-3-10/h2-5,11H,6-9H2,1H3,(H,16,17). The number of carboxylic acids is 1. The first-order chi connectivity index (χ1) is 8.01. The number of hydrogen-bond donors (Lipinski definition) is 1. The van der Waals surface area contributed by atoms with Crippen molar-refractivity contribution in [3.05, 3.63) is 34.3 Å². The van der Waals surface area contributed by atoms with Crippen molar-refractivity contribution in [1.29, 1.82) is 0 Å². The lowest BCUT2D eigenvalue weighted by Gasteiger charge is -2.34. The quantitative estimate of drug-likeness (QED) is 0.888. The van der Waals surface area contributed by atoms with Crippen molar-refractivity contribution in [2.24, 2.45) is 5.41 Å². The zero-order chi connectivity index (χ0) is 12.5. The van der Waals surface area contributed by atoms with Crippen LogP contribution < -0.4 is 0 Å². The molecule has 2 nitrogen and oxygen atoms in total. The van der Waals surface area contributed by atoms with Crippen molar-refractivity contribution in [2.75, 3.05) is 0 Å². The largest absolute Gasteiger partial charge is 0.481 e. The summed E-state index contributed by atoms with van der Waals surface area (Å²) in [5.41, 5.74) is 0.826. The fourth-order valence-corrected chi connectivity index (χ4v) is 2.80. The van der Waals surface area contributed by atoms with Crippen molar-refractivity contribution in [3.63, 3.8) is 0 Å². The van der Waals surface area contributed by atoms with E-state index in [-0.39, 0.29) is 0 Å². The Hall–Kier alpha value is -0.830. The summed E-state index contributed by atoms with van der Waals surface area (Å²) >= 11 is 3.43. The molecule has 1 saturated carbocycles. The van der Waals surface area contributed by atoms with Crippen LogP contribution in [0.25, 0.3) is 0 Å². The molecule has 1 aromatic carbocycles. The minimum Gasteiger partial charge on any atom is -0.481 e. The van der Waals surface area contributed by atoms with Gasteiger partial charge in [-0.05, 0) is 56.2 Å². The molecule has 0 aromatic heterocycles. The third kappa shape index (κ3) is 2.71. The maximum Gasteiger partial charge on any atom is 0.309 e. The molecule has 1 aliphatic carbocycles. The predicted octanol–water partition coefficient (Wildman–Crippen LogP) is 4.20. The maximum atomic E-state index is 11.2. The van der Waals surface area contributed by atoms with Crippen molar-refractivity contribution < 1.29 is 9.90 Å². The van der Waals surface area contributed by atoms with Gasteiger partial charge in [0, 0.05) is 4.47 Å². The average Bonchev–Trinajstić information content (AvgIpc) is 2.31. The zero-order valence-electron chi connectivity index (χ0n) is 9.95. The minimum absolute atomic E-state index is 0.508. The Bertz CT molecular complexity index is 403. The number of benzene rings is 1. The van der Waals surface area contributed by atoms with Gasteiger partial charge in [-0.3, -0.25) is 4.79 Å². The van der Waals surface area contributed by atoms with Crippen LogP contribution in [-0.2, 0) is 4.79 Å². The highest BCUT2D eigenvalue weighted by Gasteiger charge is 2.37. The van der Waals surface area contributed by atoms with E-state index < -0.39 is 11.4 Å². The van der Waals surface area contributed by atoms with Gasteiger partial charge in [0.05, 0.1) is 5.41 Å². The molecular formula is C14H17BrO2. The third-order valence-electron chi connectivity index (χ3n) is 3.95. The lowest BCUT2D eigenvalue weighted by atomic mass is 9.70. The molecule has 3 heteroatoms. The van der Waals surface area contributed by atoms with Crippen LogP contribution in [0.15, 0.2) is 28.7 Å². The summed E-state index contributed by atoms with van der Waals surface area (Å²) < 4.78 is 1.09. The monoisotopic (exact) mass is 296 g/mol. The number of rotatable bonds is 2. The second-order valence-electron chi connectivity index (χ2n) is 5.19. The summed E-state index contributed by atoms with van der Waals surface area (Å²) in [6, 6.07) is 8.39. The van der Waals surface area contributed by atoms with Gasteiger partial charge in [0.1, 0.15) is 0 Å². The summed E-state index contributed by atoms with van der Waals surface area (Å²) in [5, 5.41) is 9.18. The highest BCUT2D eigenvalue weighted by atomic mass is 79.9. The first kappa shape index (κ1) is 12.6. The van der Waals surface area contributed by atoms with Gasteiger partial charge in [0.15, 0.2) is 0 Å². The van der Waals surface area contributed by atoms with Gasteiger partial charge in [0.25, 0.3) is 0 Å². The van der Waals surface area contributed by atoms with Crippen LogP contribution >= 0.6 is 15.9 Å². The zero-order valence-corrected chi connectivity index (χ0v) is 11.5. The first-order valence-corrected chi connectivity index (χ1v) is 6.79. The normalized spacial score (nSPS) is 28.9. The second-order valence-corrected chi connectivity index (χ2v) is 6.11. The van der Waals surface area contributed by atoms with Crippen molar-refractivity contribution >= 4 is 21.9 Å². The Morgan fingerprint density at radius 2 is 1.82 bits per heavy atom. The number of carboxylic acid groups (broad SMARTS) is 1. The number of halogens is 1. The van der Waals surface area contributed by atoms with Crippen LogP contribution in [0.5, 0.6) is 0 Å². The van der Waals surface area contributed by atoms with Crippen LogP contribution in [0.1, 0.15) is 44.1 Å². The topological polar surface area (TPSA) is 37.3 Å². The molecule has 1 aliphatic rings. The lowest BCUT2D eigenvalue weighted by molar-refractivity contribution is -0.149. The Morgan fingerprint density at radius 1 is 1.29 bits per heavy atom. The summed E-state index contributed by atoms with van der Waals surface area (Å²) in [7, 11) is 0. The summed E-state index contributed by atoms with van der Waals surface area (Å²) in [5.74, 6) is -0.123. The van der Waals surface area contributed by atoms with E-state index in [0.29, 0.717) is 5.92 Å². The highest BCUT2D eigenvalue weighted by molar-refractivity contribution is 9.10. The smallest absolute Gasteiger partial charge is 0.309 e. The molecule has 0 saturated heterocycles. The first-order valence-electron chi connectivity index (χ1n) is 6.00. The van der Waals surface area contributed by atoms with Crippen molar-refractivity contribution in [1.82, 2.24) is 0 Å². The van der Waals surface area contributed by atoms with Crippen LogP contribution in [0, 0.1) is 5.41 Å². The van der Waals surface area contributed by atoms with Crippen LogP contribution in [-0.4, -0.2) is 11.1 Å². The van der Waals surface area contributed by atoms with Gasteiger partial charge < -0.3 is 5.11 Å². The third-order valence-corrected chi connectivity index (χ3v) is 4.48. The maximum absolute atomic E-state index is 11.2. The molecule has 0 spiro atoms. The number of hydrogen-bond acceptors (Lipinski definition) is 1. The Balaban J connectivity index is 2.04. The van der Waals surface area contributed by atoms with Crippen molar-refractivity contribution in [2.45, 2.75) is 38.5 Å². The van der Waals surface area contributed by atoms with E-state index in [1.54, 1.807) is 0 Å². The lowest BCUT2D eigenvalue weighted by Crippen LogP contribution is -2.31. The molecule has 0 heterocycles. The summed E-state index contributed by atoms with van der Waals surface area (Å²) in [6.07, 6.45) is 3.51. The van der Waals surface area contributed by atoms with Gasteiger partial charge in [-0.2, -0.15) is 0 Å². The molecule has 0 radical (unpaired) electrons. The summed E-state index contributed by atoms with van der Waals surface area (Å²) in [6.45, 7) is 1.87. The molecule has 1 N–H and O–H groups in total. The molecule has 0 unspecified atom stereocenters. The molecule has 0 aliphatic heterocycles. The molecule has 2 rings (SSSR count). The van der Waals surface area contributed by atoms with E-state index in [2.05, 4.69) is 40.2 Å². The Morgan fingerprint density at radius 3 is 2.29 bits per heavy atom. The van der Waals surface area contributed by atoms with Crippen molar-refractivity contribution in [3.8, 4) is 0 Å². The van der Waals surface area contributed by atoms with E-state index in [0.717, 1.165) is 30.2 Å². The summed E-state index contributed by atoms with van der Waals surface area (Å²) in [4.78, 5) is 11.2. The number of carbonyl (C=O) groups is 1. The van der Waals surface area contributed by atoms with Crippen LogP contribution in [0.4, 0.5) is 0 Å². The predicted molar refractivity (Wildman–Crippen MR) is 71.1 cm³/mol. The highest BCUT2D eigenvalue weighted by Crippen LogP contribution is 2.43.